The van der Waals surface area contributed by atoms with E-state index in [-0.39, 0.29) is 5.56 Å². The van der Waals surface area contributed by atoms with E-state index in [9.17, 15) is 4.79 Å². The molecule has 0 unspecified atom stereocenters. The number of nitrogens with one attached hydrogen (secondary N) is 2. The maximum Gasteiger partial charge on any atom is 0.254 e. The Hall–Kier alpha value is -2.76. The minimum atomic E-state index is -0.180. The Bertz CT molecular complexity index is 746. The number of benzene rings is 1. The second-order valence-corrected chi connectivity index (χ2v) is 4.09. The SMILES string of the molecule is Cc1c(-c2ccccc2)nc(-c2ncn[nH]2)[nH]c1=O. The molecule has 6 heteroatoms. The zero-order valence-corrected chi connectivity index (χ0v) is 10.2. The number of rotatable bonds is 2. The Morgan fingerprint density at radius 3 is 2.58 bits per heavy atom. The molecule has 2 aromatic heterocycles. The molecule has 3 rings (SSSR count). The highest BCUT2D eigenvalue weighted by Gasteiger charge is 2.12. The molecule has 0 aliphatic rings. The molecule has 0 saturated heterocycles. The fraction of sp³-hybridized carbons (Fsp3) is 0.0769. The average molecular weight is 253 g/mol. The van der Waals surface area contributed by atoms with Crippen molar-refractivity contribution in [3.8, 4) is 22.9 Å². The van der Waals surface area contributed by atoms with Gasteiger partial charge in [0.05, 0.1) is 5.69 Å². The fourth-order valence-electron chi connectivity index (χ4n) is 1.84. The Kier molecular flexibility index (Phi) is 2.68. The Morgan fingerprint density at radius 2 is 1.89 bits per heavy atom. The quantitative estimate of drug-likeness (QED) is 0.725. The normalized spacial score (nSPS) is 10.6. The van der Waals surface area contributed by atoms with Gasteiger partial charge in [0.2, 0.25) is 0 Å². The van der Waals surface area contributed by atoms with Gasteiger partial charge in [0.15, 0.2) is 11.6 Å². The van der Waals surface area contributed by atoms with E-state index in [4.69, 9.17) is 0 Å². The summed E-state index contributed by atoms with van der Waals surface area (Å²) in [6.45, 7) is 1.75. The van der Waals surface area contributed by atoms with E-state index in [0.29, 0.717) is 22.9 Å². The van der Waals surface area contributed by atoms with Gasteiger partial charge in [-0.3, -0.25) is 9.89 Å². The molecule has 94 valence electrons. The summed E-state index contributed by atoms with van der Waals surface area (Å²) < 4.78 is 0. The van der Waals surface area contributed by atoms with Crippen molar-refractivity contribution in [2.24, 2.45) is 0 Å². The molecule has 19 heavy (non-hydrogen) atoms. The number of hydrogen-bond acceptors (Lipinski definition) is 4. The lowest BCUT2D eigenvalue weighted by molar-refractivity contribution is 1.03. The van der Waals surface area contributed by atoms with Crippen molar-refractivity contribution < 1.29 is 0 Å². The van der Waals surface area contributed by atoms with Gasteiger partial charge in [0.25, 0.3) is 5.56 Å². The Labute approximate surface area is 108 Å². The van der Waals surface area contributed by atoms with E-state index >= 15 is 0 Å². The molecule has 3 aromatic rings. The molecule has 0 spiro atoms. The molecule has 1 aromatic carbocycles. The molecule has 0 bridgehead atoms. The van der Waals surface area contributed by atoms with Crippen LogP contribution in [0.25, 0.3) is 22.9 Å². The largest absolute Gasteiger partial charge is 0.304 e. The lowest BCUT2D eigenvalue weighted by Crippen LogP contribution is -2.14. The summed E-state index contributed by atoms with van der Waals surface area (Å²) in [5.41, 5.74) is 1.94. The number of aromatic nitrogens is 5. The maximum atomic E-state index is 12.0. The van der Waals surface area contributed by atoms with Crippen LogP contribution >= 0.6 is 0 Å². The summed E-state index contributed by atoms with van der Waals surface area (Å²) in [6, 6.07) is 9.57. The second-order valence-electron chi connectivity index (χ2n) is 4.09. The predicted octanol–water partition coefficient (Wildman–Crippen LogP) is 1.53. The highest BCUT2D eigenvalue weighted by Crippen LogP contribution is 2.20. The van der Waals surface area contributed by atoms with E-state index < -0.39 is 0 Å². The molecule has 0 atom stereocenters. The van der Waals surface area contributed by atoms with Crippen LogP contribution in [0.15, 0.2) is 41.5 Å². The standard InChI is InChI=1S/C13H11N5O/c1-8-10(9-5-3-2-4-6-9)16-12(17-13(8)19)11-14-7-15-18-11/h2-7H,1H3,(H,14,15,18)(H,16,17,19). The molecular weight excluding hydrogens is 242 g/mol. The molecule has 6 nitrogen and oxygen atoms in total. The van der Waals surface area contributed by atoms with Gasteiger partial charge in [-0.25, -0.2) is 9.97 Å². The third-order valence-corrected chi connectivity index (χ3v) is 2.84. The van der Waals surface area contributed by atoms with Crippen LogP contribution in [-0.4, -0.2) is 25.1 Å². The third-order valence-electron chi connectivity index (χ3n) is 2.84. The highest BCUT2D eigenvalue weighted by atomic mass is 16.1. The van der Waals surface area contributed by atoms with Gasteiger partial charge in [-0.1, -0.05) is 30.3 Å². The smallest absolute Gasteiger partial charge is 0.254 e. The van der Waals surface area contributed by atoms with Gasteiger partial charge >= 0.3 is 0 Å². The van der Waals surface area contributed by atoms with Crippen LogP contribution in [0.1, 0.15) is 5.56 Å². The fourth-order valence-corrected chi connectivity index (χ4v) is 1.84. The highest BCUT2D eigenvalue weighted by molar-refractivity contribution is 5.64. The number of H-pyrrole nitrogens is 2. The average Bonchev–Trinajstić information content (AvgIpc) is 2.97. The van der Waals surface area contributed by atoms with Crippen molar-refractivity contribution in [3.05, 3.63) is 52.6 Å². The number of nitrogens with zero attached hydrogens (tertiary/aromatic N) is 3. The maximum absolute atomic E-state index is 12.0. The zero-order chi connectivity index (χ0) is 13.2. The molecule has 0 saturated carbocycles. The third kappa shape index (κ3) is 2.03. The number of hydrogen-bond donors (Lipinski definition) is 2. The first-order valence-electron chi connectivity index (χ1n) is 5.78. The van der Waals surface area contributed by atoms with Crippen LogP contribution in [0.3, 0.4) is 0 Å². The molecule has 0 aliphatic carbocycles. The van der Waals surface area contributed by atoms with Crippen molar-refractivity contribution in [1.82, 2.24) is 25.1 Å². The van der Waals surface area contributed by atoms with Crippen LogP contribution in [0.4, 0.5) is 0 Å². The van der Waals surface area contributed by atoms with E-state index in [1.807, 2.05) is 30.3 Å². The second kappa shape index (κ2) is 4.49. The van der Waals surface area contributed by atoms with Crippen LogP contribution in [0.2, 0.25) is 0 Å². The lowest BCUT2D eigenvalue weighted by atomic mass is 10.1. The van der Waals surface area contributed by atoms with Gasteiger partial charge in [-0.15, -0.1) is 0 Å². The van der Waals surface area contributed by atoms with Gasteiger partial charge < -0.3 is 4.98 Å². The Morgan fingerprint density at radius 1 is 1.11 bits per heavy atom. The first-order valence-corrected chi connectivity index (χ1v) is 5.78. The molecule has 2 N–H and O–H groups in total. The van der Waals surface area contributed by atoms with E-state index in [1.165, 1.54) is 6.33 Å². The summed E-state index contributed by atoms with van der Waals surface area (Å²) in [4.78, 5) is 23.1. The summed E-state index contributed by atoms with van der Waals surface area (Å²) >= 11 is 0. The van der Waals surface area contributed by atoms with Crippen molar-refractivity contribution in [1.29, 1.82) is 0 Å². The zero-order valence-electron chi connectivity index (χ0n) is 10.2. The molecular formula is C13H11N5O. The first kappa shape index (κ1) is 11.3. The minimum absolute atomic E-state index is 0.180. The summed E-state index contributed by atoms with van der Waals surface area (Å²) in [6.07, 6.45) is 1.37. The topological polar surface area (TPSA) is 87.3 Å². The summed E-state index contributed by atoms with van der Waals surface area (Å²) in [5.74, 6) is 0.821. The van der Waals surface area contributed by atoms with Crippen molar-refractivity contribution in [2.45, 2.75) is 6.92 Å². The molecule has 2 heterocycles. The first-order chi connectivity index (χ1) is 9.25. The van der Waals surface area contributed by atoms with E-state index in [1.54, 1.807) is 6.92 Å². The summed E-state index contributed by atoms with van der Waals surface area (Å²) in [5, 5.41) is 6.44. The van der Waals surface area contributed by atoms with Gasteiger partial charge in [-0.2, -0.15) is 5.10 Å². The minimum Gasteiger partial charge on any atom is -0.304 e. The van der Waals surface area contributed by atoms with Crippen molar-refractivity contribution in [2.75, 3.05) is 0 Å². The van der Waals surface area contributed by atoms with Crippen LogP contribution in [0, 0.1) is 6.92 Å². The monoisotopic (exact) mass is 253 g/mol. The lowest BCUT2D eigenvalue weighted by Gasteiger charge is -2.06. The molecule has 0 fully saturated rings. The van der Waals surface area contributed by atoms with Crippen LogP contribution in [-0.2, 0) is 0 Å². The van der Waals surface area contributed by atoms with Crippen LogP contribution < -0.4 is 5.56 Å². The van der Waals surface area contributed by atoms with E-state index in [2.05, 4.69) is 25.1 Å². The predicted molar refractivity (Wildman–Crippen MR) is 70.4 cm³/mol. The number of aromatic amines is 2. The molecule has 0 amide bonds. The van der Waals surface area contributed by atoms with Crippen LogP contribution in [0.5, 0.6) is 0 Å². The molecule has 0 radical (unpaired) electrons. The van der Waals surface area contributed by atoms with Gasteiger partial charge in [0, 0.05) is 11.1 Å². The van der Waals surface area contributed by atoms with Crippen molar-refractivity contribution >= 4 is 0 Å². The van der Waals surface area contributed by atoms with Crippen molar-refractivity contribution in [3.63, 3.8) is 0 Å². The van der Waals surface area contributed by atoms with Gasteiger partial charge in [0.1, 0.15) is 6.33 Å². The molecule has 0 aliphatic heterocycles. The van der Waals surface area contributed by atoms with E-state index in [0.717, 1.165) is 5.56 Å². The summed E-state index contributed by atoms with van der Waals surface area (Å²) in [7, 11) is 0. The Balaban J connectivity index is 2.23. The van der Waals surface area contributed by atoms with Gasteiger partial charge in [-0.05, 0) is 6.92 Å².